The zero-order valence-electron chi connectivity index (χ0n) is 10.1. The molecule has 0 aliphatic carbocycles. The van der Waals surface area contributed by atoms with Crippen molar-refractivity contribution in [2.24, 2.45) is 0 Å². The minimum absolute atomic E-state index is 1.23. The molecule has 0 N–H and O–H groups in total. The average Bonchev–Trinajstić information content (AvgIpc) is 2.28. The van der Waals surface area contributed by atoms with Crippen molar-refractivity contribution in [1.82, 2.24) is 0 Å². The van der Waals surface area contributed by atoms with Crippen LogP contribution in [0.1, 0.15) is 11.1 Å². The molecule has 2 heteroatoms. The maximum atomic E-state index is 2.21. The normalized spacial score (nSPS) is 10.1. The van der Waals surface area contributed by atoms with Crippen molar-refractivity contribution in [2.75, 3.05) is 4.81 Å². The predicted octanol–water partition coefficient (Wildman–Crippen LogP) is 2.99. The summed E-state index contributed by atoms with van der Waals surface area (Å²) >= 11 is 0. The van der Waals surface area contributed by atoms with Gasteiger partial charge in [-0.15, -0.1) is 0 Å². The topological polar surface area (TPSA) is 3.24 Å². The van der Waals surface area contributed by atoms with E-state index in [2.05, 4.69) is 75.2 Å². The first-order valence-electron chi connectivity index (χ1n) is 5.54. The summed E-state index contributed by atoms with van der Waals surface area (Å²) in [6.45, 7) is 4.24. The van der Waals surface area contributed by atoms with Crippen LogP contribution in [0.15, 0.2) is 48.5 Å². The molecule has 0 heterocycles. The predicted molar refractivity (Wildman–Crippen MR) is 73.0 cm³/mol. The highest BCUT2D eigenvalue weighted by Crippen LogP contribution is 2.24. The van der Waals surface area contributed by atoms with Gasteiger partial charge in [-0.25, -0.2) is 0 Å². The molecule has 0 saturated heterocycles. The Hall–Kier alpha value is -1.70. The maximum absolute atomic E-state index is 2.21. The summed E-state index contributed by atoms with van der Waals surface area (Å²) in [5, 5.41) is 0. The zero-order valence-corrected chi connectivity index (χ0v) is 10.1. The highest BCUT2D eigenvalue weighted by molar-refractivity contribution is 6.22. The fourth-order valence-corrected chi connectivity index (χ4v) is 1.82. The molecular formula is C14H16BN. The molecule has 0 bridgehead atoms. The van der Waals surface area contributed by atoms with Crippen LogP contribution >= 0.6 is 0 Å². The van der Waals surface area contributed by atoms with Crippen molar-refractivity contribution >= 4 is 19.4 Å². The van der Waals surface area contributed by atoms with Crippen molar-refractivity contribution in [2.45, 2.75) is 13.8 Å². The number of anilines is 2. The van der Waals surface area contributed by atoms with Gasteiger partial charge in [-0.3, -0.25) is 0 Å². The summed E-state index contributed by atoms with van der Waals surface area (Å²) in [6.07, 6.45) is 0. The SMILES string of the molecule is BN(c1cccc(C)c1)c1cccc(C)c1. The van der Waals surface area contributed by atoms with Gasteiger partial charge in [0.25, 0.3) is 0 Å². The molecule has 16 heavy (non-hydrogen) atoms. The van der Waals surface area contributed by atoms with Crippen LogP contribution in [0.3, 0.4) is 0 Å². The molecule has 0 radical (unpaired) electrons. The first kappa shape index (κ1) is 10.8. The number of nitrogens with zero attached hydrogens (tertiary/aromatic N) is 1. The summed E-state index contributed by atoms with van der Waals surface area (Å²) in [5.41, 5.74) is 5.03. The maximum Gasteiger partial charge on any atom is 0.223 e. The van der Waals surface area contributed by atoms with Crippen LogP contribution in [-0.2, 0) is 0 Å². The molecule has 80 valence electrons. The highest BCUT2D eigenvalue weighted by atomic mass is 15.0. The second-order valence-electron chi connectivity index (χ2n) is 4.24. The fourth-order valence-electron chi connectivity index (χ4n) is 1.82. The van der Waals surface area contributed by atoms with Gasteiger partial charge < -0.3 is 4.81 Å². The lowest BCUT2D eigenvalue weighted by Gasteiger charge is -2.21. The Morgan fingerprint density at radius 2 is 1.25 bits per heavy atom. The van der Waals surface area contributed by atoms with E-state index in [1.54, 1.807) is 0 Å². The summed E-state index contributed by atoms with van der Waals surface area (Å²) < 4.78 is 0. The minimum atomic E-state index is 1.23. The third-order valence-corrected chi connectivity index (χ3v) is 2.78. The molecule has 0 spiro atoms. The third-order valence-electron chi connectivity index (χ3n) is 2.78. The standard InChI is InChI=1S/C14H16BN/c1-11-5-3-7-13(9-11)16(15)14-8-4-6-12(2)10-14/h3-10H,15H2,1-2H3. The second-order valence-corrected chi connectivity index (χ2v) is 4.24. The van der Waals surface area contributed by atoms with Crippen LogP contribution in [-0.4, -0.2) is 7.98 Å². The van der Waals surface area contributed by atoms with Gasteiger partial charge >= 0.3 is 0 Å². The molecule has 0 aliphatic heterocycles. The van der Waals surface area contributed by atoms with Gasteiger partial charge in [-0.2, -0.15) is 0 Å². The van der Waals surface area contributed by atoms with Crippen molar-refractivity contribution in [3.8, 4) is 0 Å². The zero-order chi connectivity index (χ0) is 11.5. The first-order chi connectivity index (χ1) is 7.66. The number of benzene rings is 2. The average molecular weight is 209 g/mol. The smallest absolute Gasteiger partial charge is 0.223 e. The van der Waals surface area contributed by atoms with E-state index in [0.717, 1.165) is 0 Å². The number of aryl methyl sites for hydroxylation is 2. The van der Waals surface area contributed by atoms with Crippen LogP contribution in [0.5, 0.6) is 0 Å². The van der Waals surface area contributed by atoms with Gasteiger partial charge in [-0.05, 0) is 49.2 Å². The van der Waals surface area contributed by atoms with Gasteiger partial charge in [0, 0.05) is 11.4 Å². The summed E-state index contributed by atoms with van der Waals surface area (Å²) in [4.78, 5) is 2.21. The molecule has 0 atom stereocenters. The van der Waals surface area contributed by atoms with Gasteiger partial charge in [0.1, 0.15) is 0 Å². The van der Waals surface area contributed by atoms with E-state index in [0.29, 0.717) is 0 Å². The Balaban J connectivity index is 2.35. The van der Waals surface area contributed by atoms with Crippen LogP contribution in [0.4, 0.5) is 11.4 Å². The Labute approximate surface area is 98.2 Å². The van der Waals surface area contributed by atoms with Crippen LogP contribution in [0.25, 0.3) is 0 Å². The second kappa shape index (κ2) is 4.44. The van der Waals surface area contributed by atoms with Crippen molar-refractivity contribution in [3.05, 3.63) is 59.7 Å². The molecular weight excluding hydrogens is 193 g/mol. The largest absolute Gasteiger partial charge is 0.394 e. The van der Waals surface area contributed by atoms with E-state index in [9.17, 15) is 0 Å². The lowest BCUT2D eigenvalue weighted by atomic mass is 10.1. The van der Waals surface area contributed by atoms with Crippen LogP contribution < -0.4 is 4.81 Å². The molecule has 2 aromatic carbocycles. The lowest BCUT2D eigenvalue weighted by Crippen LogP contribution is -2.11. The Morgan fingerprint density at radius 3 is 1.62 bits per heavy atom. The molecule has 0 aromatic heterocycles. The summed E-state index contributed by atoms with van der Waals surface area (Å²) in [6, 6.07) is 17.1. The molecule has 0 amide bonds. The summed E-state index contributed by atoms with van der Waals surface area (Å²) in [7, 11) is 2.10. The van der Waals surface area contributed by atoms with E-state index in [1.807, 2.05) is 0 Å². The Morgan fingerprint density at radius 1 is 0.812 bits per heavy atom. The van der Waals surface area contributed by atoms with E-state index in [-0.39, 0.29) is 0 Å². The number of hydrogen-bond donors (Lipinski definition) is 0. The van der Waals surface area contributed by atoms with E-state index >= 15 is 0 Å². The van der Waals surface area contributed by atoms with Gasteiger partial charge in [0.2, 0.25) is 7.98 Å². The molecule has 0 aliphatic rings. The van der Waals surface area contributed by atoms with E-state index < -0.39 is 0 Å². The van der Waals surface area contributed by atoms with Crippen molar-refractivity contribution in [1.29, 1.82) is 0 Å². The minimum Gasteiger partial charge on any atom is -0.394 e. The van der Waals surface area contributed by atoms with Gasteiger partial charge in [0.15, 0.2) is 0 Å². The molecule has 0 saturated carbocycles. The molecule has 0 unspecified atom stereocenters. The van der Waals surface area contributed by atoms with E-state index in [1.165, 1.54) is 22.5 Å². The third kappa shape index (κ3) is 2.27. The number of hydrogen-bond acceptors (Lipinski definition) is 1. The molecule has 1 nitrogen and oxygen atoms in total. The van der Waals surface area contributed by atoms with Crippen molar-refractivity contribution in [3.63, 3.8) is 0 Å². The monoisotopic (exact) mass is 209 g/mol. The van der Waals surface area contributed by atoms with E-state index in [4.69, 9.17) is 0 Å². The van der Waals surface area contributed by atoms with Crippen LogP contribution in [0, 0.1) is 13.8 Å². The first-order valence-corrected chi connectivity index (χ1v) is 5.54. The Kier molecular flexibility index (Phi) is 3.00. The fraction of sp³-hybridized carbons (Fsp3) is 0.143. The molecule has 2 aromatic rings. The number of rotatable bonds is 2. The molecule has 0 fully saturated rings. The van der Waals surface area contributed by atoms with Gasteiger partial charge in [0.05, 0.1) is 0 Å². The molecule has 2 rings (SSSR count). The van der Waals surface area contributed by atoms with Crippen molar-refractivity contribution < 1.29 is 0 Å². The quantitative estimate of drug-likeness (QED) is 0.687. The lowest BCUT2D eigenvalue weighted by molar-refractivity contribution is 1.35. The highest BCUT2D eigenvalue weighted by Gasteiger charge is 2.03. The Bertz CT molecular complexity index is 448. The van der Waals surface area contributed by atoms with Gasteiger partial charge in [-0.1, -0.05) is 24.3 Å². The van der Waals surface area contributed by atoms with Crippen LogP contribution in [0.2, 0.25) is 0 Å². The summed E-state index contributed by atoms with van der Waals surface area (Å²) in [5.74, 6) is 0.